The molecule has 1 saturated heterocycles. The van der Waals surface area contributed by atoms with Crippen LogP contribution in [-0.2, 0) is 14.9 Å². The van der Waals surface area contributed by atoms with Gasteiger partial charge in [0.15, 0.2) is 10.9 Å². The number of nitrogens with one attached hydrogen (secondary N) is 1. The first-order valence-electron chi connectivity index (χ1n) is 9.49. The molecule has 1 fully saturated rings. The number of benzene rings is 2. The van der Waals surface area contributed by atoms with Crippen LogP contribution in [0.2, 0.25) is 0 Å². The van der Waals surface area contributed by atoms with Gasteiger partial charge in [0.25, 0.3) is 5.69 Å². The highest BCUT2D eigenvalue weighted by atomic mass is 32.2. The number of carbonyl (C=O) groups excluding carboxylic acids is 1. The molecule has 1 amide bonds. The van der Waals surface area contributed by atoms with E-state index in [1.807, 2.05) is 13.8 Å². The van der Waals surface area contributed by atoms with E-state index in [9.17, 15) is 23.3 Å². The minimum atomic E-state index is -4.34. The Morgan fingerprint density at radius 1 is 1.25 bits per heavy atom. The summed E-state index contributed by atoms with van der Waals surface area (Å²) < 4.78 is 30.7. The van der Waals surface area contributed by atoms with Gasteiger partial charge in [-0.3, -0.25) is 14.9 Å². The number of carbonyl (C=O) groups is 1. The van der Waals surface area contributed by atoms with Crippen molar-refractivity contribution in [3.05, 3.63) is 63.2 Å². The van der Waals surface area contributed by atoms with Crippen LogP contribution in [0.25, 0.3) is 0 Å². The minimum absolute atomic E-state index is 0.0164. The number of hydrogen-bond donors (Lipinski definition) is 1. The van der Waals surface area contributed by atoms with Gasteiger partial charge in [-0.2, -0.15) is 13.5 Å². The second-order valence-electron chi connectivity index (χ2n) is 6.94. The van der Waals surface area contributed by atoms with Crippen LogP contribution in [0.1, 0.15) is 30.0 Å². The molecule has 10 nitrogen and oxygen atoms in total. The second-order valence-corrected chi connectivity index (χ2v) is 9.68. The number of amidine groups is 1. The lowest BCUT2D eigenvalue weighted by Crippen LogP contribution is -2.24. The van der Waals surface area contributed by atoms with Crippen LogP contribution in [-0.4, -0.2) is 35.9 Å². The lowest BCUT2D eigenvalue weighted by molar-refractivity contribution is -0.385. The zero-order valence-electron chi connectivity index (χ0n) is 17.4. The molecule has 168 valence electrons. The van der Waals surface area contributed by atoms with Crippen molar-refractivity contribution >= 4 is 44.9 Å². The van der Waals surface area contributed by atoms with Crippen LogP contribution in [0.3, 0.4) is 0 Å². The van der Waals surface area contributed by atoms with E-state index in [4.69, 9.17) is 4.18 Å². The van der Waals surface area contributed by atoms with E-state index in [0.29, 0.717) is 22.7 Å². The summed E-state index contributed by atoms with van der Waals surface area (Å²) in [5, 5.41) is 21.8. The molecule has 1 aliphatic rings. The molecule has 1 unspecified atom stereocenters. The Morgan fingerprint density at radius 2 is 2.00 bits per heavy atom. The molecule has 1 heterocycles. The molecule has 32 heavy (non-hydrogen) atoms. The van der Waals surface area contributed by atoms with Crippen LogP contribution in [0.5, 0.6) is 5.75 Å². The standard InChI is InChI=1S/C20H20N4O6S2/c1-4-18-19(25)22-20(31-18)23-21-11-14-9-12(2)5-8-17(14)30-32(28,29)15-7-6-13(3)16(10-15)24(26)27/h5-11,18H,4H2,1-3H3,(H,22,23,25). The van der Waals surface area contributed by atoms with Gasteiger partial charge >= 0.3 is 10.1 Å². The number of nitro benzene ring substituents is 1. The summed E-state index contributed by atoms with van der Waals surface area (Å²) >= 11 is 1.27. The maximum atomic E-state index is 12.7. The lowest BCUT2D eigenvalue weighted by atomic mass is 10.1. The lowest BCUT2D eigenvalue weighted by Gasteiger charge is -2.10. The number of hydrogen-bond acceptors (Lipinski definition) is 9. The maximum absolute atomic E-state index is 12.7. The number of thioether (sulfide) groups is 1. The van der Waals surface area contributed by atoms with Crippen molar-refractivity contribution in [2.75, 3.05) is 0 Å². The quantitative estimate of drug-likeness (QED) is 0.280. The first-order chi connectivity index (χ1) is 15.1. The summed E-state index contributed by atoms with van der Waals surface area (Å²) in [6.45, 7) is 5.21. The molecule has 12 heteroatoms. The largest absolute Gasteiger partial charge is 0.378 e. The van der Waals surface area contributed by atoms with E-state index in [2.05, 4.69) is 15.5 Å². The third kappa shape index (κ3) is 5.32. The fourth-order valence-electron chi connectivity index (χ4n) is 2.82. The topological polar surface area (TPSA) is 140 Å². The average Bonchev–Trinajstić information content (AvgIpc) is 3.09. The first kappa shape index (κ1) is 23.4. The Morgan fingerprint density at radius 3 is 2.66 bits per heavy atom. The number of aryl methyl sites for hydroxylation is 2. The number of rotatable bonds is 7. The molecule has 2 aromatic carbocycles. The fraction of sp³-hybridized carbons (Fsp3) is 0.250. The molecule has 0 spiro atoms. The van der Waals surface area contributed by atoms with Gasteiger partial charge in [-0.15, -0.1) is 5.10 Å². The van der Waals surface area contributed by atoms with Crippen molar-refractivity contribution < 1.29 is 22.3 Å². The van der Waals surface area contributed by atoms with Gasteiger partial charge in [-0.1, -0.05) is 36.4 Å². The third-order valence-electron chi connectivity index (χ3n) is 4.52. The molecule has 0 aromatic heterocycles. The molecular formula is C20H20N4O6S2. The smallest absolute Gasteiger partial charge is 0.339 e. The highest BCUT2D eigenvalue weighted by Gasteiger charge is 2.28. The summed E-state index contributed by atoms with van der Waals surface area (Å²) in [6.07, 6.45) is 1.97. The molecule has 1 atom stereocenters. The van der Waals surface area contributed by atoms with Gasteiger partial charge in [-0.25, -0.2) is 0 Å². The Bertz CT molecular complexity index is 1240. The zero-order chi connectivity index (χ0) is 23.5. The van der Waals surface area contributed by atoms with Crippen molar-refractivity contribution in [3.63, 3.8) is 0 Å². The molecule has 2 aromatic rings. The predicted octanol–water partition coefficient (Wildman–Crippen LogP) is 3.31. The van der Waals surface area contributed by atoms with Crippen molar-refractivity contribution in [1.29, 1.82) is 0 Å². The van der Waals surface area contributed by atoms with Crippen LogP contribution in [0.15, 0.2) is 51.5 Å². The van der Waals surface area contributed by atoms with Crippen molar-refractivity contribution in [1.82, 2.24) is 5.32 Å². The molecule has 0 saturated carbocycles. The minimum Gasteiger partial charge on any atom is -0.378 e. The number of nitrogens with zero attached hydrogens (tertiary/aromatic N) is 3. The van der Waals surface area contributed by atoms with Gasteiger partial charge in [0.2, 0.25) is 5.91 Å². The Hall–Kier alpha value is -3.25. The molecular weight excluding hydrogens is 456 g/mol. The summed E-state index contributed by atoms with van der Waals surface area (Å²) in [4.78, 5) is 21.9. The van der Waals surface area contributed by atoms with E-state index in [1.54, 1.807) is 12.1 Å². The van der Waals surface area contributed by atoms with Crippen LogP contribution >= 0.6 is 11.8 Å². The van der Waals surface area contributed by atoms with Gasteiger partial charge < -0.3 is 9.50 Å². The third-order valence-corrected chi connectivity index (χ3v) is 6.99. The van der Waals surface area contributed by atoms with Crippen LogP contribution in [0.4, 0.5) is 5.69 Å². The van der Waals surface area contributed by atoms with E-state index in [0.717, 1.165) is 11.6 Å². The maximum Gasteiger partial charge on any atom is 0.339 e. The van der Waals surface area contributed by atoms with Crippen LogP contribution in [0, 0.1) is 24.0 Å². The SMILES string of the molecule is CCC1S/C(=N/N=Cc2cc(C)ccc2OS(=O)(=O)c2ccc(C)c([N+](=O)[O-])c2)NC1=O. The van der Waals surface area contributed by atoms with Crippen molar-refractivity contribution in [3.8, 4) is 5.75 Å². The Labute approximate surface area is 189 Å². The zero-order valence-corrected chi connectivity index (χ0v) is 19.1. The van der Waals surface area contributed by atoms with E-state index < -0.39 is 15.0 Å². The molecule has 1 N–H and O–H groups in total. The Kier molecular flexibility index (Phi) is 6.94. The van der Waals surface area contributed by atoms with Crippen molar-refractivity contribution in [2.45, 2.75) is 37.3 Å². The van der Waals surface area contributed by atoms with Gasteiger partial charge in [0.1, 0.15) is 4.90 Å². The molecule has 0 radical (unpaired) electrons. The molecule has 0 aliphatic carbocycles. The van der Waals surface area contributed by atoms with E-state index in [1.165, 1.54) is 43.1 Å². The van der Waals surface area contributed by atoms with E-state index >= 15 is 0 Å². The predicted molar refractivity (Wildman–Crippen MR) is 122 cm³/mol. The number of amides is 1. The molecule has 1 aliphatic heterocycles. The summed E-state index contributed by atoms with van der Waals surface area (Å²) in [5.41, 5.74) is 1.17. The van der Waals surface area contributed by atoms with Gasteiger partial charge in [0, 0.05) is 17.2 Å². The normalized spacial score (nSPS) is 17.7. The van der Waals surface area contributed by atoms with Crippen LogP contribution < -0.4 is 9.50 Å². The summed E-state index contributed by atoms with van der Waals surface area (Å²) in [6, 6.07) is 8.33. The summed E-state index contributed by atoms with van der Waals surface area (Å²) in [5.74, 6) is -0.151. The van der Waals surface area contributed by atoms with Gasteiger partial charge in [-0.05, 0) is 38.5 Å². The monoisotopic (exact) mass is 476 g/mol. The molecule has 0 bridgehead atoms. The molecule has 3 rings (SSSR count). The first-order valence-corrected chi connectivity index (χ1v) is 11.8. The van der Waals surface area contributed by atoms with Crippen molar-refractivity contribution in [2.24, 2.45) is 10.2 Å². The highest BCUT2D eigenvalue weighted by Crippen LogP contribution is 2.27. The average molecular weight is 477 g/mol. The summed E-state index contributed by atoms with van der Waals surface area (Å²) in [7, 11) is -4.34. The highest BCUT2D eigenvalue weighted by molar-refractivity contribution is 8.15. The van der Waals surface area contributed by atoms with Gasteiger partial charge in [0.05, 0.1) is 16.4 Å². The van der Waals surface area contributed by atoms with E-state index in [-0.39, 0.29) is 27.5 Å². The Balaban J connectivity index is 1.88. The number of nitro groups is 1. The second kappa shape index (κ2) is 9.49. The fourth-order valence-corrected chi connectivity index (χ4v) is 4.65.